The largest absolute Gasteiger partial charge is 0.501 e. The van der Waals surface area contributed by atoms with E-state index in [4.69, 9.17) is 0 Å². The van der Waals surface area contributed by atoms with Gasteiger partial charge < -0.3 is 5.32 Å². The van der Waals surface area contributed by atoms with Gasteiger partial charge in [-0.2, -0.15) is 13.2 Å². The molecule has 0 fully saturated rings. The highest BCUT2D eigenvalue weighted by Crippen LogP contribution is 2.30. The summed E-state index contributed by atoms with van der Waals surface area (Å²) in [4.78, 5) is -0.726. The fraction of sp³-hybridized carbons (Fsp3) is 0.455. The lowest BCUT2D eigenvalue weighted by Gasteiger charge is -2.11. The van der Waals surface area contributed by atoms with Crippen LogP contribution >= 0.6 is 0 Å². The molecule has 0 amide bonds. The normalized spacial score (nSPS) is 14.5. The molecule has 0 aliphatic carbocycles. The minimum atomic E-state index is -5.26. The van der Waals surface area contributed by atoms with Gasteiger partial charge in [0.05, 0.1) is 4.90 Å². The molecular weight excluding hydrogens is 267 g/mol. The van der Waals surface area contributed by atoms with E-state index in [-0.39, 0.29) is 6.04 Å². The average Bonchev–Trinajstić information content (AvgIpc) is 2.28. The topological polar surface area (TPSA) is 46.2 Å². The van der Waals surface area contributed by atoms with Crippen molar-refractivity contribution in [3.05, 3.63) is 29.8 Å². The molecule has 0 aliphatic heterocycles. The summed E-state index contributed by atoms with van der Waals surface area (Å²) in [5, 5.41) is 2.98. The SMILES string of the molecule is CNC(C)Cc1ccc(S(=O)(=O)C(F)(F)F)cc1. The van der Waals surface area contributed by atoms with Crippen LogP contribution in [0.15, 0.2) is 29.2 Å². The van der Waals surface area contributed by atoms with Gasteiger partial charge >= 0.3 is 5.51 Å². The maximum atomic E-state index is 12.3. The molecule has 3 nitrogen and oxygen atoms in total. The zero-order valence-corrected chi connectivity index (χ0v) is 10.8. The van der Waals surface area contributed by atoms with Crippen LogP contribution in [0.2, 0.25) is 0 Å². The van der Waals surface area contributed by atoms with Crippen LogP contribution in [0.25, 0.3) is 0 Å². The van der Waals surface area contributed by atoms with Gasteiger partial charge in [-0.05, 0) is 38.1 Å². The molecular formula is C11H14F3NO2S. The Morgan fingerprint density at radius 3 is 2.11 bits per heavy atom. The third-order valence-corrected chi connectivity index (χ3v) is 4.08. The van der Waals surface area contributed by atoms with Crippen molar-refractivity contribution < 1.29 is 21.6 Å². The van der Waals surface area contributed by atoms with Crippen LogP contribution in [0.4, 0.5) is 13.2 Å². The smallest absolute Gasteiger partial charge is 0.317 e. The molecule has 102 valence electrons. The van der Waals surface area contributed by atoms with Gasteiger partial charge in [0.25, 0.3) is 9.84 Å². The lowest BCUT2D eigenvalue weighted by molar-refractivity contribution is -0.0436. The summed E-state index contributed by atoms with van der Waals surface area (Å²) in [6, 6.07) is 4.93. The van der Waals surface area contributed by atoms with Crippen LogP contribution in [0, 0.1) is 0 Å². The first-order valence-corrected chi connectivity index (χ1v) is 6.74. The Kier molecular flexibility index (Phi) is 4.39. The highest BCUT2D eigenvalue weighted by molar-refractivity contribution is 7.92. The summed E-state index contributed by atoms with van der Waals surface area (Å²) in [5.41, 5.74) is -4.48. The van der Waals surface area contributed by atoms with Crippen molar-refractivity contribution >= 4 is 9.84 Å². The summed E-state index contributed by atoms with van der Waals surface area (Å²) >= 11 is 0. The molecule has 1 N–H and O–H groups in total. The second kappa shape index (κ2) is 5.27. The Morgan fingerprint density at radius 1 is 1.22 bits per heavy atom. The Morgan fingerprint density at radius 2 is 1.72 bits per heavy atom. The summed E-state index contributed by atoms with van der Waals surface area (Å²) in [7, 11) is -3.47. The van der Waals surface area contributed by atoms with Crippen LogP contribution in [0.1, 0.15) is 12.5 Å². The number of alkyl halides is 3. The molecule has 0 aromatic heterocycles. The Hall–Kier alpha value is -1.08. The number of nitrogens with one attached hydrogen (secondary N) is 1. The number of rotatable bonds is 4. The Labute approximate surface area is 104 Å². The first kappa shape index (κ1) is 15.0. The molecule has 0 radical (unpaired) electrons. The molecule has 0 aliphatic rings. The quantitative estimate of drug-likeness (QED) is 0.919. The molecule has 1 atom stereocenters. The predicted octanol–water partition coefficient (Wildman–Crippen LogP) is 2.13. The number of hydrogen-bond donors (Lipinski definition) is 1. The lowest BCUT2D eigenvalue weighted by Crippen LogP contribution is -2.24. The molecule has 0 spiro atoms. The van der Waals surface area contributed by atoms with Crippen LogP contribution in [-0.4, -0.2) is 27.0 Å². The van der Waals surface area contributed by atoms with Gasteiger partial charge in [-0.15, -0.1) is 0 Å². The Balaban J connectivity index is 2.97. The van der Waals surface area contributed by atoms with E-state index >= 15 is 0 Å². The molecule has 1 aromatic carbocycles. The summed E-state index contributed by atoms with van der Waals surface area (Å²) < 4.78 is 59.1. The highest BCUT2D eigenvalue weighted by Gasteiger charge is 2.46. The number of halogens is 3. The lowest BCUT2D eigenvalue weighted by atomic mass is 10.1. The monoisotopic (exact) mass is 281 g/mol. The van der Waals surface area contributed by atoms with E-state index in [9.17, 15) is 21.6 Å². The van der Waals surface area contributed by atoms with E-state index < -0.39 is 20.2 Å². The molecule has 0 saturated carbocycles. The van der Waals surface area contributed by atoms with Crippen LogP contribution in [-0.2, 0) is 16.3 Å². The summed E-state index contributed by atoms with van der Waals surface area (Å²) in [6.07, 6.45) is 0.614. The van der Waals surface area contributed by atoms with E-state index in [1.807, 2.05) is 6.92 Å². The molecule has 0 heterocycles. The van der Waals surface area contributed by atoms with E-state index in [1.165, 1.54) is 12.1 Å². The van der Waals surface area contributed by atoms with Crippen molar-refractivity contribution in [2.75, 3.05) is 7.05 Å². The first-order valence-electron chi connectivity index (χ1n) is 5.26. The van der Waals surface area contributed by atoms with Crippen molar-refractivity contribution in [3.63, 3.8) is 0 Å². The third-order valence-electron chi connectivity index (χ3n) is 2.57. The zero-order valence-electron chi connectivity index (χ0n) is 9.95. The number of likely N-dealkylation sites (N-methyl/N-ethyl adjacent to an activating group) is 1. The van der Waals surface area contributed by atoms with Crippen molar-refractivity contribution in [1.29, 1.82) is 0 Å². The zero-order chi connectivity index (χ0) is 14.0. The van der Waals surface area contributed by atoms with Crippen molar-refractivity contribution in [2.45, 2.75) is 29.8 Å². The molecule has 0 bridgehead atoms. The van der Waals surface area contributed by atoms with Gasteiger partial charge in [-0.25, -0.2) is 8.42 Å². The summed E-state index contributed by atoms with van der Waals surface area (Å²) in [5.74, 6) is 0. The number of benzene rings is 1. The van der Waals surface area contributed by atoms with E-state index in [0.29, 0.717) is 6.42 Å². The van der Waals surface area contributed by atoms with Crippen LogP contribution in [0.5, 0.6) is 0 Å². The summed E-state index contributed by atoms with van der Waals surface area (Å²) in [6.45, 7) is 1.92. The minimum Gasteiger partial charge on any atom is -0.317 e. The fourth-order valence-corrected chi connectivity index (χ4v) is 2.16. The second-order valence-electron chi connectivity index (χ2n) is 3.99. The van der Waals surface area contributed by atoms with Gasteiger partial charge in [0.15, 0.2) is 0 Å². The van der Waals surface area contributed by atoms with Crippen molar-refractivity contribution in [3.8, 4) is 0 Å². The maximum Gasteiger partial charge on any atom is 0.501 e. The van der Waals surface area contributed by atoms with Gasteiger partial charge in [-0.3, -0.25) is 0 Å². The van der Waals surface area contributed by atoms with Gasteiger partial charge in [0.1, 0.15) is 0 Å². The highest BCUT2D eigenvalue weighted by atomic mass is 32.2. The molecule has 0 saturated heterocycles. The molecule has 18 heavy (non-hydrogen) atoms. The standard InChI is InChI=1S/C11H14F3NO2S/c1-8(15-2)7-9-3-5-10(6-4-9)18(16,17)11(12,13)14/h3-6,8,15H,7H2,1-2H3. The third kappa shape index (κ3) is 3.23. The molecule has 1 unspecified atom stereocenters. The molecule has 1 aromatic rings. The Bertz CT molecular complexity index is 494. The number of sulfone groups is 1. The van der Waals surface area contributed by atoms with Crippen LogP contribution in [0.3, 0.4) is 0 Å². The van der Waals surface area contributed by atoms with Crippen molar-refractivity contribution in [1.82, 2.24) is 5.32 Å². The van der Waals surface area contributed by atoms with Gasteiger partial charge in [0.2, 0.25) is 0 Å². The number of hydrogen-bond acceptors (Lipinski definition) is 3. The predicted molar refractivity (Wildman–Crippen MR) is 61.9 cm³/mol. The molecule has 1 rings (SSSR count). The average molecular weight is 281 g/mol. The van der Waals surface area contributed by atoms with E-state index in [0.717, 1.165) is 17.7 Å². The van der Waals surface area contributed by atoms with E-state index in [2.05, 4.69) is 5.32 Å². The second-order valence-corrected chi connectivity index (χ2v) is 5.93. The maximum absolute atomic E-state index is 12.3. The fourth-order valence-electron chi connectivity index (χ4n) is 1.39. The van der Waals surface area contributed by atoms with Crippen molar-refractivity contribution in [2.24, 2.45) is 0 Å². The first-order chi connectivity index (χ1) is 8.18. The van der Waals surface area contributed by atoms with Crippen LogP contribution < -0.4 is 5.32 Å². The minimum absolute atomic E-state index is 0.162. The molecule has 7 heteroatoms. The van der Waals surface area contributed by atoms with Gasteiger partial charge in [0, 0.05) is 6.04 Å². The van der Waals surface area contributed by atoms with Gasteiger partial charge in [-0.1, -0.05) is 12.1 Å². The van der Waals surface area contributed by atoms with E-state index in [1.54, 1.807) is 7.05 Å².